The van der Waals surface area contributed by atoms with E-state index in [9.17, 15) is 4.79 Å². The molecule has 1 atom stereocenters. The maximum atomic E-state index is 13.5. The summed E-state index contributed by atoms with van der Waals surface area (Å²) in [5, 5.41) is 0. The number of hydrogen-bond acceptors (Lipinski definition) is 5. The molecule has 0 radical (unpaired) electrons. The van der Waals surface area contributed by atoms with Crippen molar-refractivity contribution in [3.05, 3.63) is 108 Å². The zero-order chi connectivity index (χ0) is 23.9. The Kier molecular flexibility index (Phi) is 7.15. The number of carbonyl (C=O) groups is 1. The van der Waals surface area contributed by atoms with Gasteiger partial charge in [0.1, 0.15) is 12.4 Å². The molecule has 1 unspecified atom stereocenters. The number of imidazole rings is 1. The predicted molar refractivity (Wildman–Crippen MR) is 132 cm³/mol. The lowest BCUT2D eigenvalue weighted by molar-refractivity contribution is 0.0679. The molecule has 2 aromatic carbocycles. The van der Waals surface area contributed by atoms with Gasteiger partial charge in [-0.25, -0.2) is 4.98 Å². The Morgan fingerprint density at radius 2 is 1.83 bits per heavy atom. The summed E-state index contributed by atoms with van der Waals surface area (Å²) in [7, 11) is 0. The number of rotatable bonds is 9. The molecule has 5 rings (SSSR count). The van der Waals surface area contributed by atoms with E-state index in [1.807, 2.05) is 76.3 Å². The van der Waals surface area contributed by atoms with Crippen molar-refractivity contribution in [2.45, 2.75) is 32.0 Å². The van der Waals surface area contributed by atoms with Crippen molar-refractivity contribution < 1.29 is 14.3 Å². The second-order valence-electron chi connectivity index (χ2n) is 8.63. The quantitative estimate of drug-likeness (QED) is 0.357. The lowest BCUT2D eigenvalue weighted by Gasteiger charge is -2.23. The van der Waals surface area contributed by atoms with Crippen LogP contribution in [-0.2, 0) is 17.8 Å². The summed E-state index contributed by atoms with van der Waals surface area (Å²) in [6.07, 6.45) is 11.2. The Morgan fingerprint density at radius 3 is 2.51 bits per heavy atom. The van der Waals surface area contributed by atoms with E-state index >= 15 is 0 Å². The van der Waals surface area contributed by atoms with Crippen molar-refractivity contribution in [3.8, 4) is 11.4 Å². The van der Waals surface area contributed by atoms with Crippen LogP contribution in [0.2, 0.25) is 0 Å². The van der Waals surface area contributed by atoms with E-state index < -0.39 is 0 Å². The molecule has 178 valence electrons. The first-order valence-electron chi connectivity index (χ1n) is 11.8. The summed E-state index contributed by atoms with van der Waals surface area (Å²) in [5.74, 6) is 0.772. The van der Waals surface area contributed by atoms with E-state index in [0.717, 1.165) is 42.0 Å². The minimum absolute atomic E-state index is 0.0373. The summed E-state index contributed by atoms with van der Waals surface area (Å²) in [6.45, 7) is 2.33. The first-order chi connectivity index (χ1) is 17.2. The summed E-state index contributed by atoms with van der Waals surface area (Å²) >= 11 is 0. The van der Waals surface area contributed by atoms with E-state index in [2.05, 4.69) is 9.97 Å². The normalized spacial score (nSPS) is 15.1. The molecule has 0 bridgehead atoms. The highest BCUT2D eigenvalue weighted by Gasteiger charge is 2.18. The molecular weight excluding hydrogens is 440 g/mol. The summed E-state index contributed by atoms with van der Waals surface area (Å²) in [6, 6.07) is 19.4. The highest BCUT2D eigenvalue weighted by Crippen LogP contribution is 2.20. The number of aromatic nitrogens is 3. The van der Waals surface area contributed by atoms with Crippen molar-refractivity contribution in [2.24, 2.45) is 0 Å². The number of ether oxygens (including phenoxy) is 2. The third-order valence-corrected chi connectivity index (χ3v) is 6.06. The van der Waals surface area contributed by atoms with Crippen LogP contribution >= 0.6 is 0 Å². The molecule has 3 heterocycles. The van der Waals surface area contributed by atoms with Crippen molar-refractivity contribution in [2.75, 3.05) is 13.2 Å². The maximum absolute atomic E-state index is 13.5. The van der Waals surface area contributed by atoms with E-state index in [-0.39, 0.29) is 12.0 Å². The molecule has 35 heavy (non-hydrogen) atoms. The van der Waals surface area contributed by atoms with Crippen molar-refractivity contribution in [1.29, 1.82) is 0 Å². The van der Waals surface area contributed by atoms with Crippen LogP contribution in [0, 0.1) is 0 Å². The second-order valence-corrected chi connectivity index (χ2v) is 8.63. The maximum Gasteiger partial charge on any atom is 0.254 e. The molecule has 2 aromatic heterocycles. The minimum Gasteiger partial charge on any atom is -0.491 e. The number of carbonyl (C=O) groups excluding carboxylic acids is 1. The first kappa shape index (κ1) is 22.8. The minimum atomic E-state index is -0.0373. The van der Waals surface area contributed by atoms with Gasteiger partial charge in [0.15, 0.2) is 0 Å². The second kappa shape index (κ2) is 11.0. The van der Waals surface area contributed by atoms with E-state index in [1.54, 1.807) is 24.9 Å². The molecule has 0 aliphatic carbocycles. The molecule has 0 spiro atoms. The zero-order valence-electron chi connectivity index (χ0n) is 19.5. The number of nitrogens with zero attached hydrogens (tertiary/aromatic N) is 4. The Hall–Kier alpha value is -3.97. The molecule has 1 amide bonds. The highest BCUT2D eigenvalue weighted by molar-refractivity contribution is 5.94. The fourth-order valence-corrected chi connectivity index (χ4v) is 4.16. The van der Waals surface area contributed by atoms with Crippen LogP contribution in [-0.4, -0.2) is 44.7 Å². The molecule has 1 fully saturated rings. The largest absolute Gasteiger partial charge is 0.491 e. The smallest absolute Gasteiger partial charge is 0.254 e. The third kappa shape index (κ3) is 5.94. The molecule has 4 aromatic rings. The monoisotopic (exact) mass is 468 g/mol. The van der Waals surface area contributed by atoms with Crippen LogP contribution in [0.25, 0.3) is 5.69 Å². The molecule has 7 nitrogen and oxygen atoms in total. The van der Waals surface area contributed by atoms with Crippen LogP contribution in [0.4, 0.5) is 0 Å². The van der Waals surface area contributed by atoms with Crippen LogP contribution in [0.5, 0.6) is 5.75 Å². The van der Waals surface area contributed by atoms with Crippen molar-refractivity contribution in [1.82, 2.24) is 19.4 Å². The van der Waals surface area contributed by atoms with Gasteiger partial charge in [0.25, 0.3) is 5.91 Å². The van der Waals surface area contributed by atoms with Gasteiger partial charge >= 0.3 is 0 Å². The van der Waals surface area contributed by atoms with Crippen LogP contribution in [0.3, 0.4) is 0 Å². The summed E-state index contributed by atoms with van der Waals surface area (Å²) < 4.78 is 13.4. The highest BCUT2D eigenvalue weighted by atomic mass is 16.5. The SMILES string of the molecule is O=C(c1ccc(-n2ccnc2)cc1)N(Cc1ccc(OCC2CCCO2)cc1)Cc1cccnc1. The van der Waals surface area contributed by atoms with Gasteiger partial charge in [0, 0.05) is 55.7 Å². The molecular formula is C28H28N4O3. The number of hydrogen-bond donors (Lipinski definition) is 0. The average molecular weight is 469 g/mol. The molecule has 7 heteroatoms. The van der Waals surface area contributed by atoms with Gasteiger partial charge in [-0.2, -0.15) is 0 Å². The zero-order valence-corrected chi connectivity index (χ0v) is 19.5. The van der Waals surface area contributed by atoms with Crippen LogP contribution in [0.15, 0.2) is 91.8 Å². The van der Waals surface area contributed by atoms with Gasteiger partial charge in [-0.3, -0.25) is 9.78 Å². The van der Waals surface area contributed by atoms with Gasteiger partial charge in [-0.1, -0.05) is 18.2 Å². The van der Waals surface area contributed by atoms with Gasteiger partial charge in [0.2, 0.25) is 0 Å². The average Bonchev–Trinajstić information content (AvgIpc) is 3.63. The van der Waals surface area contributed by atoms with E-state index in [4.69, 9.17) is 9.47 Å². The van der Waals surface area contributed by atoms with Crippen molar-refractivity contribution in [3.63, 3.8) is 0 Å². The topological polar surface area (TPSA) is 69.5 Å². The lowest BCUT2D eigenvalue weighted by atomic mass is 10.1. The van der Waals surface area contributed by atoms with Gasteiger partial charge in [-0.15, -0.1) is 0 Å². The van der Waals surface area contributed by atoms with Gasteiger partial charge in [0.05, 0.1) is 12.4 Å². The third-order valence-electron chi connectivity index (χ3n) is 6.06. The summed E-state index contributed by atoms with van der Waals surface area (Å²) in [5.41, 5.74) is 3.60. The van der Waals surface area contributed by atoms with Crippen LogP contribution in [0.1, 0.15) is 34.3 Å². The Labute approximate surface area is 205 Å². The molecule has 1 saturated heterocycles. The molecule has 0 N–H and O–H groups in total. The Bertz CT molecular complexity index is 1200. The van der Waals surface area contributed by atoms with E-state index in [1.165, 1.54) is 0 Å². The summed E-state index contributed by atoms with van der Waals surface area (Å²) in [4.78, 5) is 23.6. The number of benzene rings is 2. The van der Waals surface area contributed by atoms with Crippen molar-refractivity contribution >= 4 is 5.91 Å². The van der Waals surface area contributed by atoms with Crippen LogP contribution < -0.4 is 4.74 Å². The Morgan fingerprint density at radius 1 is 1.00 bits per heavy atom. The lowest BCUT2D eigenvalue weighted by Crippen LogP contribution is -2.30. The standard InChI is InChI=1S/C28H28N4O3/c33-28(24-7-9-25(10-8-24)31-15-14-30-21-31)32(19-23-3-1-13-29-17-23)18-22-5-11-26(12-6-22)35-20-27-4-2-16-34-27/h1,3,5-15,17,21,27H,2,4,16,18-20H2. The number of pyridine rings is 1. The number of amides is 1. The molecule has 1 aliphatic heterocycles. The first-order valence-corrected chi connectivity index (χ1v) is 11.8. The predicted octanol–water partition coefficient (Wildman–Crippen LogP) is 4.67. The fourth-order valence-electron chi connectivity index (χ4n) is 4.16. The Balaban J connectivity index is 1.29. The molecule has 1 aliphatic rings. The van der Waals surface area contributed by atoms with Gasteiger partial charge < -0.3 is 18.9 Å². The fraction of sp³-hybridized carbons (Fsp3) is 0.250. The van der Waals surface area contributed by atoms with Gasteiger partial charge in [-0.05, 0) is 66.4 Å². The van der Waals surface area contributed by atoms with E-state index in [0.29, 0.717) is 25.3 Å². The molecule has 0 saturated carbocycles.